The van der Waals surface area contributed by atoms with Crippen LogP contribution in [0.5, 0.6) is 0 Å². The standard InChI is InChI=1S/C17H22ClN3/c18-15-8-7-13(10-12(15)11-19)21-17-6-3-4-14(17)16-5-1-2-9-20-16/h7-8,10,14,16-17,20-21H,1-6,9H2. The van der Waals surface area contributed by atoms with Crippen LogP contribution in [0.3, 0.4) is 0 Å². The van der Waals surface area contributed by atoms with E-state index >= 15 is 0 Å². The van der Waals surface area contributed by atoms with Crippen molar-refractivity contribution >= 4 is 17.3 Å². The lowest BCUT2D eigenvalue weighted by Gasteiger charge is -2.33. The molecule has 0 aromatic heterocycles. The predicted octanol–water partition coefficient (Wildman–Crippen LogP) is 3.93. The number of nitriles is 1. The quantitative estimate of drug-likeness (QED) is 0.889. The van der Waals surface area contributed by atoms with Crippen molar-refractivity contribution in [3.8, 4) is 6.07 Å². The van der Waals surface area contributed by atoms with E-state index in [1.165, 1.54) is 38.5 Å². The third-order valence-corrected chi connectivity index (χ3v) is 5.20. The molecule has 1 saturated heterocycles. The summed E-state index contributed by atoms with van der Waals surface area (Å²) < 4.78 is 0. The Hall–Kier alpha value is -1.24. The molecule has 3 atom stereocenters. The fraction of sp³-hybridized carbons (Fsp3) is 0.588. The molecule has 2 N–H and O–H groups in total. The fourth-order valence-electron chi connectivity index (χ4n) is 3.81. The monoisotopic (exact) mass is 303 g/mol. The molecule has 112 valence electrons. The van der Waals surface area contributed by atoms with Gasteiger partial charge < -0.3 is 10.6 Å². The third kappa shape index (κ3) is 3.33. The molecule has 1 saturated carbocycles. The molecule has 1 aliphatic heterocycles. The molecule has 1 aromatic carbocycles. The van der Waals surface area contributed by atoms with Gasteiger partial charge in [-0.25, -0.2) is 0 Å². The molecule has 3 rings (SSSR count). The van der Waals surface area contributed by atoms with Gasteiger partial charge in [-0.1, -0.05) is 24.4 Å². The van der Waals surface area contributed by atoms with Crippen LogP contribution in [-0.2, 0) is 0 Å². The molecule has 0 bridgehead atoms. The lowest BCUT2D eigenvalue weighted by molar-refractivity contribution is 0.286. The van der Waals surface area contributed by atoms with Crippen molar-refractivity contribution in [3.63, 3.8) is 0 Å². The largest absolute Gasteiger partial charge is 0.382 e. The first-order valence-electron chi connectivity index (χ1n) is 7.97. The summed E-state index contributed by atoms with van der Waals surface area (Å²) in [5, 5.41) is 17.0. The van der Waals surface area contributed by atoms with E-state index < -0.39 is 0 Å². The molecule has 3 nitrogen and oxygen atoms in total. The summed E-state index contributed by atoms with van der Waals surface area (Å²) in [5.74, 6) is 0.700. The number of benzene rings is 1. The minimum atomic E-state index is 0.508. The van der Waals surface area contributed by atoms with Gasteiger partial charge in [-0.15, -0.1) is 0 Å². The van der Waals surface area contributed by atoms with Crippen molar-refractivity contribution in [2.75, 3.05) is 11.9 Å². The van der Waals surface area contributed by atoms with Gasteiger partial charge in [-0.2, -0.15) is 5.26 Å². The van der Waals surface area contributed by atoms with E-state index in [2.05, 4.69) is 16.7 Å². The highest BCUT2D eigenvalue weighted by atomic mass is 35.5. The van der Waals surface area contributed by atoms with Gasteiger partial charge in [-0.05, 0) is 56.3 Å². The smallest absolute Gasteiger partial charge is 0.101 e. The van der Waals surface area contributed by atoms with Gasteiger partial charge in [0, 0.05) is 17.8 Å². The van der Waals surface area contributed by atoms with Gasteiger partial charge in [0.25, 0.3) is 0 Å². The molecule has 1 heterocycles. The van der Waals surface area contributed by atoms with E-state index in [1.54, 1.807) is 0 Å². The molecular weight excluding hydrogens is 282 g/mol. The molecule has 1 aromatic rings. The SMILES string of the molecule is N#Cc1cc(NC2CCCC2C2CCCCN2)ccc1Cl. The van der Waals surface area contributed by atoms with Crippen molar-refractivity contribution in [2.45, 2.75) is 50.6 Å². The number of hydrogen-bond donors (Lipinski definition) is 2. The van der Waals surface area contributed by atoms with Crippen molar-refractivity contribution < 1.29 is 0 Å². The molecule has 0 spiro atoms. The molecule has 1 aliphatic carbocycles. The number of halogens is 1. The van der Waals surface area contributed by atoms with Crippen LogP contribution in [0, 0.1) is 17.2 Å². The lowest BCUT2D eigenvalue weighted by atomic mass is 9.88. The lowest BCUT2D eigenvalue weighted by Crippen LogP contribution is -2.44. The normalized spacial score (nSPS) is 29.0. The average molecular weight is 304 g/mol. The maximum absolute atomic E-state index is 9.09. The first kappa shape index (κ1) is 14.7. The van der Waals surface area contributed by atoms with Crippen LogP contribution in [0.4, 0.5) is 5.69 Å². The van der Waals surface area contributed by atoms with Gasteiger partial charge in [-0.3, -0.25) is 0 Å². The third-order valence-electron chi connectivity index (χ3n) is 4.87. The van der Waals surface area contributed by atoms with E-state index in [-0.39, 0.29) is 0 Å². The first-order valence-corrected chi connectivity index (χ1v) is 8.35. The second-order valence-electron chi connectivity index (χ2n) is 6.21. The van der Waals surface area contributed by atoms with Crippen LogP contribution in [0.25, 0.3) is 0 Å². The van der Waals surface area contributed by atoms with E-state index in [9.17, 15) is 0 Å². The van der Waals surface area contributed by atoms with E-state index in [4.69, 9.17) is 16.9 Å². The molecule has 4 heteroatoms. The van der Waals surface area contributed by atoms with Crippen molar-refractivity contribution in [2.24, 2.45) is 5.92 Å². The molecule has 2 aliphatic rings. The fourth-order valence-corrected chi connectivity index (χ4v) is 3.97. The second kappa shape index (κ2) is 6.68. The maximum atomic E-state index is 9.09. The number of nitrogens with zero attached hydrogens (tertiary/aromatic N) is 1. The predicted molar refractivity (Wildman–Crippen MR) is 86.6 cm³/mol. The minimum absolute atomic E-state index is 0.508. The van der Waals surface area contributed by atoms with Gasteiger partial charge in [0.1, 0.15) is 6.07 Å². The van der Waals surface area contributed by atoms with E-state index in [0.29, 0.717) is 28.6 Å². The Balaban J connectivity index is 1.70. The molecule has 2 fully saturated rings. The highest BCUT2D eigenvalue weighted by Crippen LogP contribution is 2.34. The van der Waals surface area contributed by atoms with E-state index in [0.717, 1.165) is 12.2 Å². The number of anilines is 1. The van der Waals surface area contributed by atoms with Crippen LogP contribution in [-0.4, -0.2) is 18.6 Å². The Labute approximate surface area is 131 Å². The second-order valence-corrected chi connectivity index (χ2v) is 6.62. The Morgan fingerprint density at radius 2 is 2.10 bits per heavy atom. The first-order chi connectivity index (χ1) is 10.3. The number of nitrogens with one attached hydrogen (secondary N) is 2. The summed E-state index contributed by atoms with van der Waals surface area (Å²) in [6.07, 6.45) is 7.76. The minimum Gasteiger partial charge on any atom is -0.382 e. The Morgan fingerprint density at radius 1 is 1.19 bits per heavy atom. The molecule has 0 radical (unpaired) electrons. The molecular formula is C17H22ClN3. The summed E-state index contributed by atoms with van der Waals surface area (Å²) in [4.78, 5) is 0. The zero-order valence-electron chi connectivity index (χ0n) is 12.2. The maximum Gasteiger partial charge on any atom is 0.101 e. The van der Waals surface area contributed by atoms with Crippen LogP contribution in [0.1, 0.15) is 44.1 Å². The number of rotatable bonds is 3. The van der Waals surface area contributed by atoms with Crippen LogP contribution < -0.4 is 10.6 Å². The van der Waals surface area contributed by atoms with E-state index in [1.807, 2.05) is 18.2 Å². The summed E-state index contributed by atoms with van der Waals surface area (Å²) in [6, 6.07) is 8.97. The summed E-state index contributed by atoms with van der Waals surface area (Å²) in [5.41, 5.74) is 1.57. The Morgan fingerprint density at radius 3 is 2.86 bits per heavy atom. The zero-order chi connectivity index (χ0) is 14.7. The zero-order valence-corrected chi connectivity index (χ0v) is 13.0. The van der Waals surface area contributed by atoms with Crippen LogP contribution in [0.15, 0.2) is 18.2 Å². The molecule has 0 amide bonds. The van der Waals surface area contributed by atoms with Crippen LogP contribution in [0.2, 0.25) is 5.02 Å². The summed E-state index contributed by atoms with van der Waals surface area (Å²) in [6.45, 7) is 1.16. The van der Waals surface area contributed by atoms with Crippen LogP contribution >= 0.6 is 11.6 Å². The van der Waals surface area contributed by atoms with Crippen molar-refractivity contribution in [1.29, 1.82) is 5.26 Å². The Bertz CT molecular complexity index is 531. The topological polar surface area (TPSA) is 47.9 Å². The van der Waals surface area contributed by atoms with Gasteiger partial charge in [0.2, 0.25) is 0 Å². The molecule has 21 heavy (non-hydrogen) atoms. The number of hydrogen-bond acceptors (Lipinski definition) is 3. The van der Waals surface area contributed by atoms with Gasteiger partial charge in [0.15, 0.2) is 0 Å². The highest BCUT2D eigenvalue weighted by Gasteiger charge is 2.34. The Kier molecular flexibility index (Phi) is 4.67. The average Bonchev–Trinajstić information content (AvgIpc) is 2.98. The van der Waals surface area contributed by atoms with Gasteiger partial charge >= 0.3 is 0 Å². The summed E-state index contributed by atoms with van der Waals surface area (Å²) >= 11 is 6.00. The van der Waals surface area contributed by atoms with Crippen molar-refractivity contribution in [3.05, 3.63) is 28.8 Å². The van der Waals surface area contributed by atoms with Gasteiger partial charge in [0.05, 0.1) is 10.6 Å². The highest BCUT2D eigenvalue weighted by molar-refractivity contribution is 6.31. The molecule has 3 unspecified atom stereocenters. The van der Waals surface area contributed by atoms with Crippen molar-refractivity contribution in [1.82, 2.24) is 5.32 Å². The number of piperidine rings is 1. The summed E-state index contributed by atoms with van der Waals surface area (Å²) in [7, 11) is 0.